The van der Waals surface area contributed by atoms with Crippen molar-refractivity contribution >= 4 is 22.7 Å². The minimum absolute atomic E-state index is 1.01. The van der Waals surface area contributed by atoms with Crippen LogP contribution in [0.1, 0.15) is 109 Å². The average molecular weight is 623 g/mol. The molecule has 232 valence electrons. The summed E-state index contributed by atoms with van der Waals surface area (Å²) in [6.07, 6.45) is 26.0. The van der Waals surface area contributed by atoms with Crippen molar-refractivity contribution in [1.82, 2.24) is 0 Å². The molecular weight excluding hydrogens is 585 g/mol. The number of hydrogen-bond donors (Lipinski definition) is 0. The van der Waals surface area contributed by atoms with Crippen molar-refractivity contribution in [2.24, 2.45) is 0 Å². The number of rotatable bonds is 0. The van der Waals surface area contributed by atoms with E-state index in [1.54, 1.807) is 44.6 Å². The Morgan fingerprint density at radius 2 is 0.708 bits per heavy atom. The lowest BCUT2D eigenvalue weighted by atomic mass is 9.71. The molecule has 0 radical (unpaired) electrons. The van der Waals surface area contributed by atoms with Crippen molar-refractivity contribution in [2.75, 3.05) is 0 Å². The SMILES string of the molecule is C1=C2CCC3=CC4=C5[OH+]C3=C2CC2=C1CCc1cc3c(cc12)C1=C(C=C2CCC6=CC7=C(CC6=C2[OH+]1)c1cc5c(cc1CC7)CC4)CC3. The summed E-state index contributed by atoms with van der Waals surface area (Å²) in [6, 6.07) is 10.3. The molecule has 3 aliphatic heterocycles. The van der Waals surface area contributed by atoms with Gasteiger partial charge in [-0.25, -0.2) is 0 Å². The zero-order valence-electron chi connectivity index (χ0n) is 27.4. The summed E-state index contributed by atoms with van der Waals surface area (Å²) >= 11 is 0. The van der Waals surface area contributed by atoms with E-state index in [9.17, 15) is 0 Å². The molecule has 12 bridgehead atoms. The average Bonchev–Trinajstić information content (AvgIpc) is 3.13. The van der Waals surface area contributed by atoms with Gasteiger partial charge >= 0.3 is 0 Å². The van der Waals surface area contributed by atoms with Gasteiger partial charge in [-0.3, -0.25) is 0 Å². The lowest BCUT2D eigenvalue weighted by Gasteiger charge is -2.36. The molecule has 2 nitrogen and oxygen atoms in total. The molecule has 0 atom stereocenters. The highest BCUT2D eigenvalue weighted by molar-refractivity contribution is 5.88. The number of aliphatic hydroxyl groups is 4. The first-order valence-electron chi connectivity index (χ1n) is 18.7. The Bertz CT molecular complexity index is 2080. The lowest BCUT2D eigenvalue weighted by molar-refractivity contribution is 0.173. The van der Waals surface area contributed by atoms with Gasteiger partial charge in [0.25, 0.3) is 23.0 Å². The molecule has 48 heavy (non-hydrogen) atoms. The Labute approximate surface area is 281 Å². The molecule has 2 N–H and O–H groups in total. The minimum Gasteiger partial charge on any atom is -0.545 e. The van der Waals surface area contributed by atoms with Crippen LogP contribution in [0.25, 0.3) is 22.7 Å². The van der Waals surface area contributed by atoms with Crippen LogP contribution >= 0.6 is 0 Å². The molecular formula is C46H38O2+2. The molecule has 0 fully saturated rings. The van der Waals surface area contributed by atoms with Crippen LogP contribution in [0.15, 0.2) is 116 Å². The fraction of sp³-hybridized carbons (Fsp3) is 0.304. The second kappa shape index (κ2) is 8.72. The Balaban J connectivity index is 1.10. The second-order valence-corrected chi connectivity index (χ2v) is 16.0. The third kappa shape index (κ3) is 3.20. The Hall–Kier alpha value is -4.56. The first kappa shape index (κ1) is 25.5. The smallest absolute Gasteiger partial charge is 0.271 e. The van der Waals surface area contributed by atoms with E-state index in [1.807, 2.05) is 0 Å². The predicted octanol–water partition coefficient (Wildman–Crippen LogP) is 10.9. The van der Waals surface area contributed by atoms with Crippen LogP contribution in [-0.2, 0) is 25.7 Å². The molecule has 2 heteroatoms. The van der Waals surface area contributed by atoms with Crippen LogP contribution in [0.2, 0.25) is 0 Å². The molecule has 0 amide bonds. The third-order valence-corrected chi connectivity index (χ3v) is 13.7. The fourth-order valence-corrected chi connectivity index (χ4v) is 11.3. The van der Waals surface area contributed by atoms with Gasteiger partial charge in [0.15, 0.2) is 0 Å². The fourth-order valence-electron chi connectivity index (χ4n) is 11.3. The number of allylic oxidation sites excluding steroid dienone is 16. The van der Waals surface area contributed by atoms with E-state index in [1.165, 1.54) is 89.9 Å². The predicted molar refractivity (Wildman–Crippen MR) is 193 cm³/mol. The van der Waals surface area contributed by atoms with Crippen molar-refractivity contribution in [2.45, 2.75) is 89.9 Å². The van der Waals surface area contributed by atoms with E-state index in [0.29, 0.717) is 0 Å². The standard InChI is InChI=1S/C46H36O2/c1-2-24-14-28-6-10-32-18-34-12-8-30-16-26-4-3-25-15-29-7-11-33-17-31-9-5-27-13-23(1)35-19-39(27)43(31)47-45(33)41(29)21-37(25)38(26)22-42(30)46(34)48-44(32)40(28)20-36(24)35/h13-19,22H,1-12,20-21H2/p+2. The van der Waals surface area contributed by atoms with E-state index in [2.05, 4.69) is 48.6 Å². The second-order valence-electron chi connectivity index (χ2n) is 16.0. The van der Waals surface area contributed by atoms with Crippen LogP contribution in [-0.4, -0.2) is 9.47 Å². The molecule has 3 heterocycles. The van der Waals surface area contributed by atoms with Gasteiger partial charge < -0.3 is 9.47 Å². The van der Waals surface area contributed by atoms with Gasteiger partial charge in [0.2, 0.25) is 0 Å². The number of aryl methyl sites for hydroxylation is 4. The van der Waals surface area contributed by atoms with Crippen LogP contribution in [0.3, 0.4) is 0 Å². The third-order valence-electron chi connectivity index (χ3n) is 13.7. The summed E-state index contributed by atoms with van der Waals surface area (Å²) in [6.45, 7) is 0. The Morgan fingerprint density at radius 1 is 0.312 bits per heavy atom. The number of benzene rings is 2. The van der Waals surface area contributed by atoms with Gasteiger partial charge in [-0.05, 0) is 168 Å². The van der Waals surface area contributed by atoms with E-state index in [-0.39, 0.29) is 0 Å². The zero-order chi connectivity index (χ0) is 30.8. The van der Waals surface area contributed by atoms with E-state index < -0.39 is 0 Å². The largest absolute Gasteiger partial charge is 0.545 e. The molecule has 2 aromatic rings. The van der Waals surface area contributed by atoms with Gasteiger partial charge in [0, 0.05) is 35.1 Å². The zero-order valence-corrected chi connectivity index (χ0v) is 27.4. The van der Waals surface area contributed by atoms with E-state index in [0.717, 1.165) is 89.9 Å². The highest BCUT2D eigenvalue weighted by Crippen LogP contribution is 2.54. The van der Waals surface area contributed by atoms with Crippen LogP contribution < -0.4 is 0 Å². The number of ether oxygens (including phenoxy) is 2. The van der Waals surface area contributed by atoms with Gasteiger partial charge in [-0.15, -0.1) is 0 Å². The molecule has 0 spiro atoms. The van der Waals surface area contributed by atoms with Crippen molar-refractivity contribution in [3.63, 3.8) is 0 Å². The van der Waals surface area contributed by atoms with Crippen LogP contribution in [0.4, 0.5) is 0 Å². The van der Waals surface area contributed by atoms with Crippen LogP contribution in [0, 0.1) is 0 Å². The summed E-state index contributed by atoms with van der Waals surface area (Å²) in [5.41, 5.74) is 30.1. The van der Waals surface area contributed by atoms with Crippen LogP contribution in [0.5, 0.6) is 0 Å². The molecule has 2 aromatic carbocycles. The van der Waals surface area contributed by atoms with Crippen molar-refractivity contribution in [3.05, 3.63) is 160 Å². The first-order valence-corrected chi connectivity index (χ1v) is 18.7. The highest BCUT2D eigenvalue weighted by atomic mass is 16.5. The Morgan fingerprint density at radius 3 is 1.19 bits per heavy atom. The lowest BCUT2D eigenvalue weighted by Crippen LogP contribution is -2.23. The monoisotopic (exact) mass is 622 g/mol. The quantitative estimate of drug-likeness (QED) is 0.261. The molecule has 13 rings (SSSR count). The maximum Gasteiger partial charge on any atom is 0.271 e. The summed E-state index contributed by atoms with van der Waals surface area (Å²) in [5.74, 6) is 5.11. The van der Waals surface area contributed by atoms with Crippen molar-refractivity contribution in [3.8, 4) is 0 Å². The van der Waals surface area contributed by atoms with Gasteiger partial charge in [-0.2, -0.15) is 0 Å². The normalized spacial score (nSPS) is 24.7. The minimum atomic E-state index is 1.01. The summed E-state index contributed by atoms with van der Waals surface area (Å²) < 4.78 is 11.5. The van der Waals surface area contributed by atoms with Gasteiger partial charge in [0.1, 0.15) is 0 Å². The first-order chi connectivity index (χ1) is 23.7. The molecule has 0 saturated heterocycles. The summed E-state index contributed by atoms with van der Waals surface area (Å²) in [7, 11) is 0. The van der Waals surface area contributed by atoms with Crippen molar-refractivity contribution in [1.29, 1.82) is 0 Å². The van der Waals surface area contributed by atoms with Gasteiger partial charge in [0.05, 0.1) is 22.3 Å². The Kier molecular flexibility index (Phi) is 4.62. The molecule has 11 aliphatic rings. The maximum absolute atomic E-state index is 5.73. The van der Waals surface area contributed by atoms with Crippen molar-refractivity contribution < 1.29 is 9.47 Å². The summed E-state index contributed by atoms with van der Waals surface area (Å²) in [5, 5.41) is 0. The maximum atomic E-state index is 5.73. The topological polar surface area (TPSA) is 25.6 Å². The number of hydrogen-bond acceptors (Lipinski definition) is 0. The molecule has 8 aliphatic carbocycles. The molecule has 0 unspecified atom stereocenters. The molecule has 0 saturated carbocycles. The summed E-state index contributed by atoms with van der Waals surface area (Å²) in [4.78, 5) is 0. The van der Waals surface area contributed by atoms with Gasteiger partial charge in [-0.1, -0.05) is 24.3 Å². The highest BCUT2D eigenvalue weighted by Gasteiger charge is 2.42. The molecule has 0 aromatic heterocycles. The van der Waals surface area contributed by atoms with E-state index in [4.69, 9.17) is 9.47 Å². The van der Waals surface area contributed by atoms with E-state index >= 15 is 0 Å².